The van der Waals surface area contributed by atoms with Gasteiger partial charge < -0.3 is 9.73 Å². The zero-order valence-electron chi connectivity index (χ0n) is 13.9. The smallest absolute Gasteiger partial charge is 0.263 e. The first-order chi connectivity index (χ1) is 12.7. The molecule has 1 amide bonds. The van der Waals surface area contributed by atoms with E-state index in [1.165, 1.54) is 11.3 Å². The van der Waals surface area contributed by atoms with Gasteiger partial charge in [-0.1, -0.05) is 36.4 Å². The molecule has 1 N–H and O–H groups in total. The van der Waals surface area contributed by atoms with E-state index < -0.39 is 0 Å². The fourth-order valence-corrected chi connectivity index (χ4v) is 4.04. The first-order valence-electron chi connectivity index (χ1n) is 8.00. The van der Waals surface area contributed by atoms with Crippen LogP contribution in [-0.4, -0.2) is 15.9 Å². The number of amides is 1. The van der Waals surface area contributed by atoms with E-state index in [9.17, 15) is 4.79 Å². The second-order valence-electron chi connectivity index (χ2n) is 5.58. The molecule has 5 nitrogen and oxygen atoms in total. The average Bonchev–Trinajstić information content (AvgIpc) is 3.40. The monoisotopic (exact) mass is 381 g/mol. The maximum Gasteiger partial charge on any atom is 0.263 e. The fourth-order valence-electron chi connectivity index (χ4n) is 2.53. The molecule has 1 aromatic carbocycles. The molecular formula is C19H15N3O2S2. The Morgan fingerprint density at radius 1 is 1.15 bits per heavy atom. The number of carbonyl (C=O) groups excluding carboxylic acids is 1. The van der Waals surface area contributed by atoms with Crippen LogP contribution in [-0.2, 0) is 6.54 Å². The number of carbonyl (C=O) groups is 1. The summed E-state index contributed by atoms with van der Waals surface area (Å²) in [6.07, 6.45) is 1.57. The summed E-state index contributed by atoms with van der Waals surface area (Å²) in [6, 6.07) is 13.6. The Balaban J connectivity index is 1.49. The van der Waals surface area contributed by atoms with E-state index in [0.717, 1.165) is 15.4 Å². The van der Waals surface area contributed by atoms with E-state index in [-0.39, 0.29) is 5.91 Å². The van der Waals surface area contributed by atoms with Gasteiger partial charge in [-0.05, 0) is 18.4 Å². The molecular weight excluding hydrogens is 366 g/mol. The van der Waals surface area contributed by atoms with Gasteiger partial charge >= 0.3 is 0 Å². The van der Waals surface area contributed by atoms with Crippen molar-refractivity contribution in [2.45, 2.75) is 13.5 Å². The lowest BCUT2D eigenvalue weighted by Gasteiger charge is -2.03. The SMILES string of the molecule is Cc1nc(-c2ccccc2)c(C(=O)NCc2coc(-c3cccs3)n2)s1. The van der Waals surface area contributed by atoms with Crippen LogP contribution < -0.4 is 5.32 Å². The van der Waals surface area contributed by atoms with Gasteiger partial charge in [-0.15, -0.1) is 22.7 Å². The maximum absolute atomic E-state index is 12.7. The molecule has 4 aromatic rings. The van der Waals surface area contributed by atoms with Crippen molar-refractivity contribution in [3.8, 4) is 22.0 Å². The molecule has 0 unspecified atom stereocenters. The zero-order valence-corrected chi connectivity index (χ0v) is 15.6. The molecule has 3 heterocycles. The molecule has 26 heavy (non-hydrogen) atoms. The molecule has 0 fully saturated rings. The molecule has 7 heteroatoms. The molecule has 0 saturated heterocycles. The van der Waals surface area contributed by atoms with E-state index in [0.29, 0.717) is 28.7 Å². The third kappa shape index (κ3) is 3.44. The summed E-state index contributed by atoms with van der Waals surface area (Å²) in [5.74, 6) is 0.415. The fraction of sp³-hybridized carbons (Fsp3) is 0.105. The average molecular weight is 381 g/mol. The minimum absolute atomic E-state index is 0.157. The summed E-state index contributed by atoms with van der Waals surface area (Å²) >= 11 is 2.95. The quantitative estimate of drug-likeness (QED) is 0.541. The van der Waals surface area contributed by atoms with Gasteiger partial charge in [0.25, 0.3) is 5.91 Å². The molecule has 0 saturated carbocycles. The Morgan fingerprint density at radius 3 is 2.77 bits per heavy atom. The van der Waals surface area contributed by atoms with Gasteiger partial charge in [0.15, 0.2) is 0 Å². The third-order valence-corrected chi connectivity index (χ3v) is 5.53. The van der Waals surface area contributed by atoms with E-state index >= 15 is 0 Å². The molecule has 0 atom stereocenters. The third-order valence-electron chi connectivity index (χ3n) is 3.70. The van der Waals surface area contributed by atoms with Crippen LogP contribution in [0.1, 0.15) is 20.4 Å². The molecule has 0 bridgehead atoms. The summed E-state index contributed by atoms with van der Waals surface area (Å²) in [4.78, 5) is 23.2. The van der Waals surface area contributed by atoms with Crippen LogP contribution in [0.25, 0.3) is 22.0 Å². The molecule has 3 aromatic heterocycles. The van der Waals surface area contributed by atoms with Crippen LogP contribution in [0.15, 0.2) is 58.5 Å². The number of thiophene rings is 1. The van der Waals surface area contributed by atoms with Gasteiger partial charge in [0.05, 0.1) is 27.8 Å². The summed E-state index contributed by atoms with van der Waals surface area (Å²) in [5.41, 5.74) is 2.33. The number of hydrogen-bond acceptors (Lipinski definition) is 6. The highest BCUT2D eigenvalue weighted by Crippen LogP contribution is 2.28. The normalized spacial score (nSPS) is 10.8. The Hall–Kier alpha value is -2.77. The van der Waals surface area contributed by atoms with Gasteiger partial charge in [-0.3, -0.25) is 4.79 Å². The summed E-state index contributed by atoms with van der Waals surface area (Å²) < 4.78 is 5.48. The van der Waals surface area contributed by atoms with Crippen LogP contribution in [0.5, 0.6) is 0 Å². The number of aryl methyl sites for hydroxylation is 1. The highest BCUT2D eigenvalue weighted by molar-refractivity contribution is 7.14. The van der Waals surface area contributed by atoms with Crippen molar-refractivity contribution in [2.24, 2.45) is 0 Å². The molecule has 0 spiro atoms. The highest BCUT2D eigenvalue weighted by Gasteiger charge is 2.18. The van der Waals surface area contributed by atoms with Crippen molar-refractivity contribution in [1.29, 1.82) is 0 Å². The number of aromatic nitrogens is 2. The molecule has 4 rings (SSSR count). The van der Waals surface area contributed by atoms with Gasteiger partial charge in [0, 0.05) is 5.56 Å². The lowest BCUT2D eigenvalue weighted by Crippen LogP contribution is -2.22. The first kappa shape index (κ1) is 16.7. The molecule has 0 radical (unpaired) electrons. The second-order valence-corrected chi connectivity index (χ2v) is 7.73. The number of hydrogen-bond donors (Lipinski definition) is 1. The van der Waals surface area contributed by atoms with Crippen LogP contribution in [0.2, 0.25) is 0 Å². The number of nitrogens with one attached hydrogen (secondary N) is 1. The summed E-state index contributed by atoms with van der Waals surface area (Å²) in [7, 11) is 0. The van der Waals surface area contributed by atoms with Gasteiger partial charge in [0.2, 0.25) is 5.89 Å². The Kier molecular flexibility index (Phi) is 4.64. The predicted molar refractivity (Wildman–Crippen MR) is 103 cm³/mol. The van der Waals surface area contributed by atoms with Gasteiger partial charge in [-0.2, -0.15) is 0 Å². The van der Waals surface area contributed by atoms with Crippen molar-refractivity contribution in [3.05, 3.63) is 69.7 Å². The molecule has 0 aliphatic heterocycles. The number of rotatable bonds is 5. The van der Waals surface area contributed by atoms with E-state index in [4.69, 9.17) is 4.42 Å². The van der Waals surface area contributed by atoms with Gasteiger partial charge in [-0.25, -0.2) is 9.97 Å². The van der Waals surface area contributed by atoms with Crippen molar-refractivity contribution >= 4 is 28.6 Å². The van der Waals surface area contributed by atoms with Crippen molar-refractivity contribution in [1.82, 2.24) is 15.3 Å². The van der Waals surface area contributed by atoms with Crippen LogP contribution >= 0.6 is 22.7 Å². The maximum atomic E-state index is 12.7. The first-order valence-corrected chi connectivity index (χ1v) is 9.69. The minimum Gasteiger partial charge on any atom is -0.443 e. The number of benzene rings is 1. The summed E-state index contributed by atoms with van der Waals surface area (Å²) in [6.45, 7) is 2.21. The lowest BCUT2D eigenvalue weighted by atomic mass is 10.1. The van der Waals surface area contributed by atoms with Gasteiger partial charge in [0.1, 0.15) is 11.1 Å². The lowest BCUT2D eigenvalue weighted by molar-refractivity contribution is 0.0955. The Labute approximate surface area is 158 Å². The highest BCUT2D eigenvalue weighted by atomic mass is 32.1. The standard InChI is InChI=1S/C19H15N3O2S2/c1-12-21-16(13-6-3-2-4-7-13)17(26-12)18(23)20-10-14-11-24-19(22-14)15-8-5-9-25-15/h2-9,11H,10H2,1H3,(H,20,23). The number of oxazole rings is 1. The van der Waals surface area contributed by atoms with Crippen LogP contribution in [0.4, 0.5) is 0 Å². The number of thiazole rings is 1. The Morgan fingerprint density at radius 2 is 2.00 bits per heavy atom. The van der Waals surface area contributed by atoms with E-state index in [1.54, 1.807) is 17.6 Å². The van der Waals surface area contributed by atoms with Crippen LogP contribution in [0, 0.1) is 6.92 Å². The number of nitrogens with zero attached hydrogens (tertiary/aromatic N) is 2. The van der Waals surface area contributed by atoms with Crippen molar-refractivity contribution < 1.29 is 9.21 Å². The van der Waals surface area contributed by atoms with E-state index in [2.05, 4.69) is 15.3 Å². The topological polar surface area (TPSA) is 68.0 Å². The molecule has 0 aliphatic carbocycles. The van der Waals surface area contributed by atoms with Crippen molar-refractivity contribution in [2.75, 3.05) is 0 Å². The Bertz CT molecular complexity index is 1020. The molecule has 0 aliphatic rings. The molecule has 130 valence electrons. The van der Waals surface area contributed by atoms with Crippen LogP contribution in [0.3, 0.4) is 0 Å². The van der Waals surface area contributed by atoms with Crippen molar-refractivity contribution in [3.63, 3.8) is 0 Å². The predicted octanol–water partition coefficient (Wildman–Crippen LogP) is 4.77. The minimum atomic E-state index is -0.157. The second kappa shape index (κ2) is 7.23. The summed E-state index contributed by atoms with van der Waals surface area (Å²) in [5, 5.41) is 5.74. The zero-order chi connectivity index (χ0) is 17.9. The largest absolute Gasteiger partial charge is 0.443 e. The van der Waals surface area contributed by atoms with E-state index in [1.807, 2.05) is 54.8 Å².